The van der Waals surface area contributed by atoms with Crippen LogP contribution in [0.4, 0.5) is 18.9 Å². The zero-order valence-electron chi connectivity index (χ0n) is 20.0. The molecule has 1 aliphatic rings. The SMILES string of the molecule is COc1cc(NC(=O)/C=C/c2cc(F)cc(F)c2F)cc(OCCN2CCCCC2)c1.O=C(O)C(=O)O. The monoisotopic (exact) mass is 524 g/mol. The van der Waals surface area contributed by atoms with Gasteiger partial charge in [0.05, 0.1) is 7.11 Å². The van der Waals surface area contributed by atoms with Crippen LogP contribution < -0.4 is 14.8 Å². The topological polar surface area (TPSA) is 125 Å². The van der Waals surface area contributed by atoms with Gasteiger partial charge in [0.2, 0.25) is 5.91 Å². The Labute approximate surface area is 211 Å². The lowest BCUT2D eigenvalue weighted by molar-refractivity contribution is -0.159. The third-order valence-electron chi connectivity index (χ3n) is 5.13. The molecule has 0 atom stereocenters. The molecule has 3 N–H and O–H groups in total. The molecule has 0 aromatic heterocycles. The van der Waals surface area contributed by atoms with Crippen molar-refractivity contribution < 1.29 is 47.2 Å². The summed E-state index contributed by atoms with van der Waals surface area (Å²) in [7, 11) is 1.50. The number of rotatable bonds is 8. The molecule has 2 aromatic carbocycles. The van der Waals surface area contributed by atoms with E-state index in [-0.39, 0.29) is 5.56 Å². The second kappa shape index (κ2) is 14.5. The first-order valence-corrected chi connectivity index (χ1v) is 11.2. The molecule has 1 aliphatic heterocycles. The third kappa shape index (κ3) is 10.2. The van der Waals surface area contributed by atoms with E-state index in [1.807, 2.05) is 0 Å². The highest BCUT2D eigenvalue weighted by atomic mass is 19.2. The van der Waals surface area contributed by atoms with E-state index in [4.69, 9.17) is 29.3 Å². The van der Waals surface area contributed by atoms with Crippen molar-refractivity contribution in [3.8, 4) is 11.5 Å². The number of aliphatic carboxylic acids is 2. The molecular formula is C25H27F3N2O7. The van der Waals surface area contributed by atoms with Crippen molar-refractivity contribution in [1.29, 1.82) is 0 Å². The summed E-state index contributed by atoms with van der Waals surface area (Å²) in [5, 5.41) is 17.4. The number of carbonyl (C=O) groups is 3. The van der Waals surface area contributed by atoms with Crippen LogP contribution in [-0.2, 0) is 14.4 Å². The van der Waals surface area contributed by atoms with Crippen molar-refractivity contribution in [1.82, 2.24) is 4.90 Å². The number of amides is 1. The maximum absolute atomic E-state index is 13.7. The quantitative estimate of drug-likeness (QED) is 0.271. The molecule has 200 valence electrons. The molecule has 0 bridgehead atoms. The maximum Gasteiger partial charge on any atom is 0.414 e. The Morgan fingerprint density at radius 2 is 1.62 bits per heavy atom. The van der Waals surface area contributed by atoms with Gasteiger partial charge in [-0.05, 0) is 38.1 Å². The van der Waals surface area contributed by atoms with Crippen molar-refractivity contribution in [3.05, 3.63) is 59.4 Å². The Kier molecular flexibility index (Phi) is 11.4. The van der Waals surface area contributed by atoms with Gasteiger partial charge in [0.15, 0.2) is 11.6 Å². The number of hydrogen-bond acceptors (Lipinski definition) is 6. The van der Waals surface area contributed by atoms with Crippen molar-refractivity contribution >= 4 is 29.6 Å². The first-order valence-electron chi connectivity index (χ1n) is 11.2. The number of ether oxygens (including phenoxy) is 2. The number of nitrogens with one attached hydrogen (secondary N) is 1. The molecule has 9 nitrogen and oxygen atoms in total. The van der Waals surface area contributed by atoms with E-state index in [1.54, 1.807) is 18.2 Å². The molecule has 0 saturated carbocycles. The van der Waals surface area contributed by atoms with Crippen molar-refractivity contribution in [3.63, 3.8) is 0 Å². The molecule has 0 aliphatic carbocycles. The molecular weight excluding hydrogens is 497 g/mol. The molecule has 3 rings (SSSR count). The average molecular weight is 524 g/mol. The summed E-state index contributed by atoms with van der Waals surface area (Å²) in [5.74, 6) is -6.70. The highest BCUT2D eigenvalue weighted by Crippen LogP contribution is 2.26. The molecule has 1 amide bonds. The smallest absolute Gasteiger partial charge is 0.414 e. The lowest BCUT2D eigenvalue weighted by Gasteiger charge is -2.26. The zero-order chi connectivity index (χ0) is 27.4. The largest absolute Gasteiger partial charge is 0.497 e. The Morgan fingerprint density at radius 1 is 0.973 bits per heavy atom. The fourth-order valence-electron chi connectivity index (χ4n) is 3.37. The number of hydrogen-bond donors (Lipinski definition) is 3. The van der Waals surface area contributed by atoms with Crippen molar-refractivity contribution in [2.75, 3.05) is 38.7 Å². The van der Waals surface area contributed by atoms with Crippen molar-refractivity contribution in [2.45, 2.75) is 19.3 Å². The molecule has 1 fully saturated rings. The van der Waals surface area contributed by atoms with Gasteiger partial charge in [-0.1, -0.05) is 6.42 Å². The fraction of sp³-hybridized carbons (Fsp3) is 0.320. The van der Waals surface area contributed by atoms with Crippen LogP contribution in [0.5, 0.6) is 11.5 Å². The lowest BCUT2D eigenvalue weighted by Crippen LogP contribution is -2.33. The number of carbonyl (C=O) groups excluding carboxylic acids is 1. The van der Waals surface area contributed by atoms with Gasteiger partial charge in [-0.2, -0.15) is 0 Å². The molecule has 1 saturated heterocycles. The van der Waals surface area contributed by atoms with Crippen LogP contribution in [0.25, 0.3) is 6.08 Å². The Bertz CT molecular complexity index is 1120. The van der Waals surface area contributed by atoms with E-state index in [0.717, 1.165) is 37.9 Å². The number of nitrogens with zero attached hydrogens (tertiary/aromatic N) is 1. The predicted molar refractivity (Wildman–Crippen MR) is 128 cm³/mol. The van der Waals surface area contributed by atoms with Gasteiger partial charge in [-0.3, -0.25) is 9.69 Å². The summed E-state index contributed by atoms with van der Waals surface area (Å²) < 4.78 is 51.3. The summed E-state index contributed by atoms with van der Waals surface area (Å²) in [4.78, 5) is 32.8. The zero-order valence-corrected chi connectivity index (χ0v) is 20.0. The molecule has 37 heavy (non-hydrogen) atoms. The number of likely N-dealkylation sites (tertiary alicyclic amines) is 1. The lowest BCUT2D eigenvalue weighted by atomic mass is 10.1. The summed E-state index contributed by atoms with van der Waals surface area (Å²) in [6.45, 7) is 3.47. The van der Waals surface area contributed by atoms with E-state index >= 15 is 0 Å². The summed E-state index contributed by atoms with van der Waals surface area (Å²) in [6, 6.07) is 6.21. The number of carboxylic acid groups (broad SMARTS) is 2. The van der Waals surface area contributed by atoms with Crippen LogP contribution in [0.15, 0.2) is 36.4 Å². The number of anilines is 1. The van der Waals surface area contributed by atoms with E-state index in [1.165, 1.54) is 26.4 Å². The maximum atomic E-state index is 13.7. The standard InChI is InChI=1S/C23H25F3N2O3.C2H2O4/c1-30-19-13-18(14-20(15-19)31-10-9-28-7-3-2-4-8-28)27-22(29)6-5-16-11-17(24)12-21(25)23(16)26;3-1(4)2(5)6/h5-6,11-15H,2-4,7-10H2,1H3,(H,27,29);(H,3,4)(H,5,6)/b6-5+;. The summed E-state index contributed by atoms with van der Waals surface area (Å²) in [6.07, 6.45) is 5.68. The third-order valence-corrected chi connectivity index (χ3v) is 5.13. The Hall–Kier alpha value is -4.06. The first-order chi connectivity index (χ1) is 17.6. The second-order valence-electron chi connectivity index (χ2n) is 7.87. The van der Waals surface area contributed by atoms with Gasteiger partial charge in [-0.15, -0.1) is 0 Å². The van der Waals surface area contributed by atoms with Crippen LogP contribution in [0.3, 0.4) is 0 Å². The highest BCUT2D eigenvalue weighted by molar-refractivity contribution is 6.27. The molecule has 0 unspecified atom stereocenters. The van der Waals surface area contributed by atoms with Gasteiger partial charge in [0, 0.05) is 48.1 Å². The molecule has 1 heterocycles. The van der Waals surface area contributed by atoms with E-state index < -0.39 is 35.3 Å². The van der Waals surface area contributed by atoms with Gasteiger partial charge >= 0.3 is 11.9 Å². The van der Waals surface area contributed by atoms with Crippen LogP contribution in [-0.4, -0.2) is 66.3 Å². The minimum absolute atomic E-state index is 0.361. The molecule has 2 aromatic rings. The predicted octanol–water partition coefficient (Wildman–Crippen LogP) is 3.78. The normalized spacial score (nSPS) is 13.4. The van der Waals surface area contributed by atoms with E-state index in [0.29, 0.717) is 29.9 Å². The van der Waals surface area contributed by atoms with Gasteiger partial charge in [-0.25, -0.2) is 22.8 Å². The van der Waals surface area contributed by atoms with Crippen LogP contribution in [0.2, 0.25) is 0 Å². The van der Waals surface area contributed by atoms with Gasteiger partial charge < -0.3 is 25.0 Å². The molecule has 12 heteroatoms. The van der Waals surface area contributed by atoms with Gasteiger partial charge in [0.1, 0.15) is 23.9 Å². The number of benzene rings is 2. The summed E-state index contributed by atoms with van der Waals surface area (Å²) >= 11 is 0. The number of carboxylic acids is 2. The average Bonchev–Trinajstić information content (AvgIpc) is 2.86. The van der Waals surface area contributed by atoms with Gasteiger partial charge in [0.25, 0.3) is 0 Å². The molecule has 0 spiro atoms. The van der Waals surface area contributed by atoms with Crippen LogP contribution >= 0.6 is 0 Å². The number of halogens is 3. The number of methoxy groups -OCH3 is 1. The summed E-state index contributed by atoms with van der Waals surface area (Å²) in [5.41, 5.74) is 0.0490. The Morgan fingerprint density at radius 3 is 2.24 bits per heavy atom. The Balaban J connectivity index is 0.000000717. The van der Waals surface area contributed by atoms with Crippen molar-refractivity contribution in [2.24, 2.45) is 0 Å². The molecule has 0 radical (unpaired) electrons. The van der Waals surface area contributed by atoms with Crippen LogP contribution in [0, 0.1) is 17.5 Å². The minimum atomic E-state index is -1.82. The highest BCUT2D eigenvalue weighted by Gasteiger charge is 2.12. The minimum Gasteiger partial charge on any atom is -0.497 e. The number of piperidine rings is 1. The second-order valence-corrected chi connectivity index (χ2v) is 7.87. The first kappa shape index (κ1) is 29.2. The van der Waals surface area contributed by atoms with E-state index in [9.17, 15) is 18.0 Å². The van der Waals surface area contributed by atoms with E-state index in [2.05, 4.69) is 10.2 Å². The fourth-order valence-corrected chi connectivity index (χ4v) is 3.37. The van der Waals surface area contributed by atoms with Crippen LogP contribution in [0.1, 0.15) is 24.8 Å².